The van der Waals surface area contributed by atoms with Crippen molar-refractivity contribution in [3.8, 4) is 0 Å². The summed E-state index contributed by atoms with van der Waals surface area (Å²) in [7, 11) is 0. The van der Waals surface area contributed by atoms with Gasteiger partial charge in [-0.25, -0.2) is 4.98 Å². The zero-order valence-electron chi connectivity index (χ0n) is 11.8. The Balaban J connectivity index is 2.05. The van der Waals surface area contributed by atoms with E-state index >= 15 is 0 Å². The van der Waals surface area contributed by atoms with E-state index in [9.17, 15) is 13.2 Å². The first-order chi connectivity index (χ1) is 9.71. The number of alkyl halides is 3. The first-order valence-corrected chi connectivity index (χ1v) is 7.71. The van der Waals surface area contributed by atoms with Gasteiger partial charge in [0, 0.05) is 35.8 Å². The van der Waals surface area contributed by atoms with Crippen molar-refractivity contribution in [2.75, 3.05) is 24.5 Å². The average molecular weight is 364 g/mol. The molecule has 3 nitrogen and oxygen atoms in total. The van der Waals surface area contributed by atoms with Crippen LogP contribution < -0.4 is 10.2 Å². The number of nitrogens with one attached hydrogen (secondary N) is 1. The molecule has 7 heteroatoms. The molecule has 3 rings (SSSR count). The quantitative estimate of drug-likeness (QED) is 0.829. The molecular formula is C14H17BrF3N3. The number of nitrogens with zero attached hydrogens (tertiary/aromatic N) is 2. The zero-order valence-corrected chi connectivity index (χ0v) is 13.4. The second kappa shape index (κ2) is 4.84. The topological polar surface area (TPSA) is 28.2 Å². The molecule has 2 aliphatic rings. The SMILES string of the molecule is CC1(C)C2CNCC2CN1c1ncc(Br)cc1C(F)(F)F. The number of fused-ring (bicyclic) bond motifs is 1. The first kappa shape index (κ1) is 15.1. The fraction of sp³-hybridized carbons (Fsp3) is 0.643. The molecule has 0 spiro atoms. The predicted molar refractivity (Wildman–Crippen MR) is 78.2 cm³/mol. The number of halogens is 4. The van der Waals surface area contributed by atoms with E-state index in [1.54, 1.807) is 0 Å². The molecule has 2 unspecified atom stereocenters. The zero-order chi connectivity index (χ0) is 15.4. The molecule has 2 fully saturated rings. The molecule has 0 radical (unpaired) electrons. The van der Waals surface area contributed by atoms with Crippen LogP contribution in [0, 0.1) is 11.8 Å². The van der Waals surface area contributed by atoms with Gasteiger partial charge in [-0.15, -0.1) is 0 Å². The van der Waals surface area contributed by atoms with Crippen molar-refractivity contribution in [3.63, 3.8) is 0 Å². The summed E-state index contributed by atoms with van der Waals surface area (Å²) >= 11 is 3.08. The second-order valence-corrected chi connectivity index (χ2v) is 7.23. The van der Waals surface area contributed by atoms with Crippen LogP contribution in [0.5, 0.6) is 0 Å². The highest BCUT2D eigenvalue weighted by atomic mass is 79.9. The van der Waals surface area contributed by atoms with Crippen molar-refractivity contribution in [2.24, 2.45) is 11.8 Å². The lowest BCUT2D eigenvalue weighted by atomic mass is 9.85. The van der Waals surface area contributed by atoms with Crippen molar-refractivity contribution in [3.05, 3.63) is 22.3 Å². The molecule has 3 heterocycles. The van der Waals surface area contributed by atoms with Crippen molar-refractivity contribution in [2.45, 2.75) is 25.6 Å². The Kier molecular flexibility index (Phi) is 3.48. The number of hydrogen-bond donors (Lipinski definition) is 1. The Bertz CT molecular complexity index is 559. The Morgan fingerprint density at radius 1 is 1.38 bits per heavy atom. The van der Waals surface area contributed by atoms with Gasteiger partial charge in [-0.2, -0.15) is 13.2 Å². The van der Waals surface area contributed by atoms with Gasteiger partial charge in [0.2, 0.25) is 0 Å². The Morgan fingerprint density at radius 3 is 2.71 bits per heavy atom. The van der Waals surface area contributed by atoms with E-state index in [1.165, 1.54) is 6.20 Å². The summed E-state index contributed by atoms with van der Waals surface area (Å²) < 4.78 is 40.3. The molecule has 0 bridgehead atoms. The van der Waals surface area contributed by atoms with Crippen LogP contribution >= 0.6 is 15.9 Å². The van der Waals surface area contributed by atoms with Gasteiger partial charge in [0.25, 0.3) is 0 Å². The van der Waals surface area contributed by atoms with Gasteiger partial charge in [0.05, 0.1) is 5.56 Å². The highest BCUT2D eigenvalue weighted by Gasteiger charge is 2.51. The molecule has 1 aromatic heterocycles. The summed E-state index contributed by atoms with van der Waals surface area (Å²) in [4.78, 5) is 5.92. The van der Waals surface area contributed by atoms with Crippen LogP contribution in [0.1, 0.15) is 19.4 Å². The molecule has 0 amide bonds. The van der Waals surface area contributed by atoms with Crippen LogP contribution in [-0.2, 0) is 6.18 Å². The third kappa shape index (κ3) is 2.44. The summed E-state index contributed by atoms with van der Waals surface area (Å²) in [6, 6.07) is 1.12. The van der Waals surface area contributed by atoms with Gasteiger partial charge in [-0.05, 0) is 47.7 Å². The van der Waals surface area contributed by atoms with E-state index < -0.39 is 11.7 Å². The predicted octanol–water partition coefficient (Wildman–Crippen LogP) is 3.30. The van der Waals surface area contributed by atoms with E-state index in [-0.39, 0.29) is 11.4 Å². The van der Waals surface area contributed by atoms with E-state index in [0.29, 0.717) is 22.9 Å². The maximum atomic E-state index is 13.3. The number of pyridine rings is 1. The molecule has 116 valence electrons. The summed E-state index contributed by atoms with van der Waals surface area (Å²) in [6.07, 6.45) is -2.97. The lowest BCUT2D eigenvalue weighted by molar-refractivity contribution is -0.137. The molecular weight excluding hydrogens is 347 g/mol. The molecule has 0 saturated carbocycles. The van der Waals surface area contributed by atoms with E-state index in [0.717, 1.165) is 19.2 Å². The molecule has 2 saturated heterocycles. The lowest BCUT2D eigenvalue weighted by Crippen LogP contribution is -2.45. The minimum absolute atomic E-state index is 0.0464. The van der Waals surface area contributed by atoms with Gasteiger partial charge in [0.15, 0.2) is 0 Å². The Hall–Kier alpha value is -0.820. The van der Waals surface area contributed by atoms with Gasteiger partial charge >= 0.3 is 6.18 Å². The highest BCUT2D eigenvalue weighted by Crippen LogP contribution is 2.46. The third-order valence-electron chi connectivity index (χ3n) is 4.75. The fourth-order valence-electron chi connectivity index (χ4n) is 3.64. The van der Waals surface area contributed by atoms with Crippen molar-refractivity contribution in [1.29, 1.82) is 0 Å². The maximum absolute atomic E-state index is 13.3. The summed E-state index contributed by atoms with van der Waals surface area (Å²) in [6.45, 7) is 6.35. The van der Waals surface area contributed by atoms with Crippen LogP contribution in [-0.4, -0.2) is 30.2 Å². The van der Waals surface area contributed by atoms with E-state index in [4.69, 9.17) is 0 Å². The molecule has 21 heavy (non-hydrogen) atoms. The monoisotopic (exact) mass is 363 g/mol. The fourth-order valence-corrected chi connectivity index (χ4v) is 3.97. The normalized spacial score (nSPS) is 28.0. The van der Waals surface area contributed by atoms with Crippen molar-refractivity contribution >= 4 is 21.7 Å². The van der Waals surface area contributed by atoms with E-state index in [2.05, 4.69) is 26.2 Å². The molecule has 1 N–H and O–H groups in total. The van der Waals surface area contributed by atoms with Crippen LogP contribution in [0.4, 0.5) is 19.0 Å². The van der Waals surface area contributed by atoms with Crippen molar-refractivity contribution < 1.29 is 13.2 Å². The summed E-state index contributed by atoms with van der Waals surface area (Å²) in [5.74, 6) is 0.778. The summed E-state index contributed by atoms with van der Waals surface area (Å²) in [5.41, 5.74) is -1.01. The van der Waals surface area contributed by atoms with Gasteiger partial charge in [-0.3, -0.25) is 0 Å². The van der Waals surface area contributed by atoms with Crippen molar-refractivity contribution in [1.82, 2.24) is 10.3 Å². The van der Waals surface area contributed by atoms with Crippen LogP contribution in [0.25, 0.3) is 0 Å². The number of anilines is 1. The lowest BCUT2D eigenvalue weighted by Gasteiger charge is -2.37. The molecule has 0 aromatic carbocycles. The average Bonchev–Trinajstić information content (AvgIpc) is 2.91. The minimum atomic E-state index is -4.40. The third-order valence-corrected chi connectivity index (χ3v) is 5.19. The van der Waals surface area contributed by atoms with Crippen LogP contribution in [0.3, 0.4) is 0 Å². The Morgan fingerprint density at radius 2 is 2.10 bits per heavy atom. The molecule has 1 aromatic rings. The Labute approximate surface area is 130 Å². The largest absolute Gasteiger partial charge is 0.419 e. The number of aromatic nitrogens is 1. The smallest absolute Gasteiger partial charge is 0.350 e. The first-order valence-electron chi connectivity index (χ1n) is 6.92. The molecule has 2 aliphatic heterocycles. The molecule has 2 atom stereocenters. The second-order valence-electron chi connectivity index (χ2n) is 6.31. The van der Waals surface area contributed by atoms with Gasteiger partial charge in [0.1, 0.15) is 5.82 Å². The van der Waals surface area contributed by atoms with E-state index in [1.807, 2.05) is 18.7 Å². The summed E-state index contributed by atoms with van der Waals surface area (Å²) in [5, 5.41) is 3.33. The van der Waals surface area contributed by atoms with Crippen LogP contribution in [0.15, 0.2) is 16.7 Å². The van der Waals surface area contributed by atoms with Crippen LogP contribution in [0.2, 0.25) is 0 Å². The number of hydrogen-bond acceptors (Lipinski definition) is 3. The standard InChI is InChI=1S/C14H17BrF3N3/c1-13(2)11-6-19-4-8(11)7-21(13)12-10(14(16,17)18)3-9(15)5-20-12/h3,5,8,11,19H,4,6-7H2,1-2H3. The molecule has 0 aliphatic carbocycles. The van der Waals surface area contributed by atoms with Gasteiger partial charge in [-0.1, -0.05) is 0 Å². The minimum Gasteiger partial charge on any atom is -0.350 e. The van der Waals surface area contributed by atoms with Gasteiger partial charge < -0.3 is 10.2 Å². The highest BCUT2D eigenvalue weighted by molar-refractivity contribution is 9.10. The number of rotatable bonds is 1. The maximum Gasteiger partial charge on any atom is 0.419 e.